The molecule has 0 aliphatic carbocycles. The summed E-state index contributed by atoms with van der Waals surface area (Å²) in [6.07, 6.45) is 65.3. The lowest BCUT2D eigenvalue weighted by molar-refractivity contribution is -0.161. The molecule has 0 bridgehead atoms. The zero-order valence-corrected chi connectivity index (χ0v) is 68.7. The highest BCUT2D eigenvalue weighted by Gasteiger charge is 2.30. The molecular weight excluding hydrogens is 1330 g/mol. The second kappa shape index (κ2) is 74.5. The van der Waals surface area contributed by atoms with E-state index in [2.05, 4.69) is 41.5 Å². The fraction of sp³-hybridized carbons (Fsp3) is 0.952. The topological polar surface area (TPSA) is 237 Å². The van der Waals surface area contributed by atoms with E-state index in [1.165, 1.54) is 250 Å². The average molecular weight is 1490 g/mol. The maximum atomic E-state index is 13.1. The van der Waals surface area contributed by atoms with Crippen LogP contribution in [0.15, 0.2) is 0 Å². The first-order valence-corrected chi connectivity index (χ1v) is 46.0. The second-order valence-corrected chi connectivity index (χ2v) is 33.5. The summed E-state index contributed by atoms with van der Waals surface area (Å²) in [6.45, 7) is 9.67. The number of carbonyl (C=O) groups is 4. The molecular formula is C83H162O17P2. The van der Waals surface area contributed by atoms with Crippen molar-refractivity contribution in [1.29, 1.82) is 0 Å². The van der Waals surface area contributed by atoms with E-state index in [0.29, 0.717) is 25.7 Å². The molecule has 0 fully saturated rings. The quantitative estimate of drug-likeness (QED) is 0.0222. The number of phosphoric acid groups is 2. The van der Waals surface area contributed by atoms with Crippen molar-refractivity contribution in [2.24, 2.45) is 11.8 Å². The molecule has 0 aromatic rings. The summed E-state index contributed by atoms with van der Waals surface area (Å²) in [5.74, 6) is -0.494. The molecule has 0 radical (unpaired) electrons. The monoisotopic (exact) mass is 1490 g/mol. The third kappa shape index (κ3) is 74.9. The average Bonchev–Trinajstić information content (AvgIpc) is 0.913. The van der Waals surface area contributed by atoms with Gasteiger partial charge in [0.25, 0.3) is 0 Å². The third-order valence-corrected chi connectivity index (χ3v) is 21.7. The van der Waals surface area contributed by atoms with Gasteiger partial charge in [-0.3, -0.25) is 37.3 Å². The van der Waals surface area contributed by atoms with Crippen molar-refractivity contribution in [2.75, 3.05) is 39.6 Å². The lowest BCUT2D eigenvalue weighted by Crippen LogP contribution is -2.30. The summed E-state index contributed by atoms with van der Waals surface area (Å²) < 4.78 is 68.7. The zero-order valence-electron chi connectivity index (χ0n) is 66.9. The zero-order chi connectivity index (χ0) is 74.9. The van der Waals surface area contributed by atoms with E-state index in [0.717, 1.165) is 108 Å². The largest absolute Gasteiger partial charge is 0.472 e. The van der Waals surface area contributed by atoms with E-state index < -0.39 is 97.5 Å². The molecule has 19 heteroatoms. The number of esters is 4. The van der Waals surface area contributed by atoms with Crippen molar-refractivity contribution in [3.8, 4) is 0 Å². The number of rotatable bonds is 82. The predicted octanol–water partition coefficient (Wildman–Crippen LogP) is 25.1. The van der Waals surface area contributed by atoms with Gasteiger partial charge in [0.1, 0.15) is 19.3 Å². The SMILES string of the molecule is CCCCCCCCCCCCCCCCCCCCCCCC(=O)O[C@H](COC(=O)CCCCCCCCCCCCCCCCCCC(C)C)COP(=O)(O)OC[C@@H](O)COP(=O)(O)OC[C@@H](COC(=O)CCCCCCCCCC)OC(=O)CCCCCCCCCCCCC(C)CC. The van der Waals surface area contributed by atoms with Crippen LogP contribution in [-0.2, 0) is 65.4 Å². The van der Waals surface area contributed by atoms with E-state index in [1.54, 1.807) is 0 Å². The molecule has 0 aromatic carbocycles. The van der Waals surface area contributed by atoms with Crippen molar-refractivity contribution in [3.63, 3.8) is 0 Å². The number of aliphatic hydroxyl groups is 1. The van der Waals surface area contributed by atoms with Crippen molar-refractivity contribution in [2.45, 2.75) is 458 Å². The minimum Gasteiger partial charge on any atom is -0.462 e. The Balaban J connectivity index is 5.19. The highest BCUT2D eigenvalue weighted by atomic mass is 31.2. The van der Waals surface area contributed by atoms with Crippen LogP contribution in [-0.4, -0.2) is 96.7 Å². The lowest BCUT2D eigenvalue weighted by atomic mass is 9.99. The van der Waals surface area contributed by atoms with E-state index >= 15 is 0 Å². The molecule has 3 N–H and O–H groups in total. The number of hydrogen-bond donors (Lipinski definition) is 3. The molecule has 0 aliphatic rings. The van der Waals surface area contributed by atoms with E-state index in [9.17, 15) is 43.2 Å². The van der Waals surface area contributed by atoms with Gasteiger partial charge in [-0.2, -0.15) is 0 Å². The van der Waals surface area contributed by atoms with Crippen LogP contribution in [0, 0.1) is 11.8 Å². The minimum atomic E-state index is -4.96. The molecule has 0 aliphatic heterocycles. The first-order valence-electron chi connectivity index (χ1n) is 43.0. The van der Waals surface area contributed by atoms with Crippen LogP contribution in [0.4, 0.5) is 0 Å². The van der Waals surface area contributed by atoms with Crippen LogP contribution in [0.5, 0.6) is 0 Å². The number of phosphoric ester groups is 2. The number of unbranched alkanes of at least 4 members (excludes halogenated alkanes) is 51. The molecule has 0 amide bonds. The Morgan fingerprint density at radius 2 is 0.500 bits per heavy atom. The highest BCUT2D eigenvalue weighted by molar-refractivity contribution is 7.47. The minimum absolute atomic E-state index is 0.106. The van der Waals surface area contributed by atoms with Gasteiger partial charge in [-0.15, -0.1) is 0 Å². The molecule has 3 unspecified atom stereocenters. The van der Waals surface area contributed by atoms with Crippen molar-refractivity contribution in [1.82, 2.24) is 0 Å². The van der Waals surface area contributed by atoms with Gasteiger partial charge in [0.15, 0.2) is 12.2 Å². The fourth-order valence-corrected chi connectivity index (χ4v) is 14.4. The van der Waals surface area contributed by atoms with Crippen molar-refractivity contribution < 1.29 is 80.2 Å². The summed E-state index contributed by atoms with van der Waals surface area (Å²) in [6, 6.07) is 0. The van der Waals surface area contributed by atoms with Gasteiger partial charge in [0, 0.05) is 25.7 Å². The number of aliphatic hydroxyl groups excluding tert-OH is 1. The van der Waals surface area contributed by atoms with Crippen LogP contribution in [0.1, 0.15) is 440 Å². The van der Waals surface area contributed by atoms with Gasteiger partial charge < -0.3 is 33.8 Å². The third-order valence-electron chi connectivity index (χ3n) is 19.8. The van der Waals surface area contributed by atoms with Gasteiger partial charge in [-0.05, 0) is 37.5 Å². The molecule has 0 rings (SSSR count). The van der Waals surface area contributed by atoms with Crippen LogP contribution in [0.2, 0.25) is 0 Å². The van der Waals surface area contributed by atoms with Crippen LogP contribution in [0.25, 0.3) is 0 Å². The Morgan fingerprint density at radius 1 is 0.284 bits per heavy atom. The van der Waals surface area contributed by atoms with Crippen LogP contribution < -0.4 is 0 Å². The maximum absolute atomic E-state index is 13.1. The van der Waals surface area contributed by atoms with Gasteiger partial charge in [-0.25, -0.2) is 9.13 Å². The Bertz CT molecular complexity index is 1960. The second-order valence-electron chi connectivity index (χ2n) is 30.6. The molecule has 102 heavy (non-hydrogen) atoms. The Labute approximate surface area is 626 Å². The molecule has 0 aromatic heterocycles. The van der Waals surface area contributed by atoms with Crippen LogP contribution in [0.3, 0.4) is 0 Å². The van der Waals surface area contributed by atoms with E-state index in [1.807, 2.05) is 0 Å². The predicted molar refractivity (Wildman–Crippen MR) is 418 cm³/mol. The number of ether oxygens (including phenoxy) is 4. The summed E-state index contributed by atoms with van der Waals surface area (Å²) >= 11 is 0. The molecule has 17 nitrogen and oxygen atoms in total. The van der Waals surface area contributed by atoms with Gasteiger partial charge in [0.05, 0.1) is 26.4 Å². The summed E-state index contributed by atoms with van der Waals surface area (Å²) in [5, 5.41) is 10.6. The number of carbonyl (C=O) groups excluding carboxylic acids is 4. The van der Waals surface area contributed by atoms with E-state index in [-0.39, 0.29) is 25.7 Å². The lowest BCUT2D eigenvalue weighted by Gasteiger charge is -2.21. The summed E-state index contributed by atoms with van der Waals surface area (Å²) in [4.78, 5) is 73.0. The molecule has 0 saturated heterocycles. The van der Waals surface area contributed by atoms with Crippen molar-refractivity contribution >= 4 is 39.5 Å². The Morgan fingerprint density at radius 3 is 0.745 bits per heavy atom. The number of hydrogen-bond acceptors (Lipinski definition) is 15. The molecule has 606 valence electrons. The standard InChI is InChI=1S/C83H162O17P2/c1-7-10-12-14-16-18-19-20-21-22-23-24-25-26-31-34-37-43-49-55-61-67-82(87)100-79(72-94-81(86)66-60-54-48-42-36-33-30-28-27-29-32-35-40-45-51-57-63-75(4)5)74-98-102(91,92)96-70-77(84)69-95-101(89,90)97-73-78(71-93-80(85)65-59-53-47-17-15-13-11-8-2)99-83(88)68-62-56-50-44-39-38-41-46-52-58-64-76(6)9-3/h75-79,84H,7-74H2,1-6H3,(H,89,90)(H,91,92)/t76?,77-,78+,79+/m0/s1. The van der Waals surface area contributed by atoms with Crippen LogP contribution >= 0.6 is 15.6 Å². The molecule has 0 heterocycles. The first kappa shape index (κ1) is 100. The van der Waals surface area contributed by atoms with Gasteiger partial charge in [0.2, 0.25) is 0 Å². The Hall–Kier alpha value is -1.94. The molecule has 0 spiro atoms. The van der Waals surface area contributed by atoms with E-state index in [4.69, 9.17) is 37.0 Å². The first-order chi connectivity index (χ1) is 49.4. The smallest absolute Gasteiger partial charge is 0.462 e. The fourth-order valence-electron chi connectivity index (χ4n) is 12.9. The molecule has 0 saturated carbocycles. The van der Waals surface area contributed by atoms with Gasteiger partial charge >= 0.3 is 39.5 Å². The summed E-state index contributed by atoms with van der Waals surface area (Å²) in [5.41, 5.74) is 0. The van der Waals surface area contributed by atoms with Gasteiger partial charge in [-0.1, -0.05) is 388 Å². The Kier molecular flexibility index (Phi) is 73.1. The van der Waals surface area contributed by atoms with Crippen molar-refractivity contribution in [3.05, 3.63) is 0 Å². The summed E-state index contributed by atoms with van der Waals surface area (Å²) in [7, 11) is -9.92. The normalized spacial score (nSPS) is 14.1. The molecule has 6 atom stereocenters. The highest BCUT2D eigenvalue weighted by Crippen LogP contribution is 2.45. The maximum Gasteiger partial charge on any atom is 0.472 e.